The molecule has 0 saturated heterocycles. The normalized spacial score (nSPS) is 11.9. The second kappa shape index (κ2) is 6.82. The van der Waals surface area contributed by atoms with Crippen molar-refractivity contribution >= 4 is 11.6 Å². The Labute approximate surface area is 119 Å². The van der Waals surface area contributed by atoms with Gasteiger partial charge in [-0.1, -0.05) is 24.3 Å². The largest absolute Gasteiger partial charge is 0.325 e. The first-order chi connectivity index (χ1) is 9.66. The maximum absolute atomic E-state index is 11.9. The predicted octanol–water partition coefficient (Wildman–Crippen LogP) is 2.68. The van der Waals surface area contributed by atoms with Crippen molar-refractivity contribution < 1.29 is 4.79 Å². The van der Waals surface area contributed by atoms with Crippen LogP contribution < -0.4 is 10.6 Å². The van der Waals surface area contributed by atoms with E-state index in [1.54, 1.807) is 6.20 Å². The van der Waals surface area contributed by atoms with E-state index in [0.29, 0.717) is 0 Å². The molecule has 1 amide bonds. The van der Waals surface area contributed by atoms with Gasteiger partial charge in [0.1, 0.15) is 0 Å². The molecule has 0 bridgehead atoms. The summed E-state index contributed by atoms with van der Waals surface area (Å²) < 4.78 is 0. The zero-order valence-corrected chi connectivity index (χ0v) is 11.8. The summed E-state index contributed by atoms with van der Waals surface area (Å²) in [6.45, 7) is 4.22. The van der Waals surface area contributed by atoms with Crippen LogP contribution in [-0.2, 0) is 4.79 Å². The summed E-state index contributed by atoms with van der Waals surface area (Å²) in [5.74, 6) is -0.0536. The summed E-state index contributed by atoms with van der Waals surface area (Å²) in [6, 6.07) is 13.5. The Morgan fingerprint density at radius 3 is 2.65 bits per heavy atom. The molecule has 0 fully saturated rings. The lowest BCUT2D eigenvalue weighted by molar-refractivity contribution is -0.115. The number of pyridine rings is 1. The van der Waals surface area contributed by atoms with E-state index >= 15 is 0 Å². The van der Waals surface area contributed by atoms with Crippen LogP contribution in [0.2, 0.25) is 0 Å². The lowest BCUT2D eigenvalue weighted by atomic mass is 10.2. The number of carbonyl (C=O) groups excluding carboxylic acids is 1. The van der Waals surface area contributed by atoms with E-state index in [-0.39, 0.29) is 18.5 Å². The highest BCUT2D eigenvalue weighted by atomic mass is 16.1. The van der Waals surface area contributed by atoms with E-state index in [2.05, 4.69) is 15.6 Å². The van der Waals surface area contributed by atoms with Crippen molar-refractivity contribution in [1.82, 2.24) is 10.3 Å². The summed E-state index contributed by atoms with van der Waals surface area (Å²) in [7, 11) is 0. The molecule has 1 aromatic heterocycles. The van der Waals surface area contributed by atoms with Gasteiger partial charge < -0.3 is 10.6 Å². The van der Waals surface area contributed by atoms with Crippen LogP contribution in [0.5, 0.6) is 0 Å². The van der Waals surface area contributed by atoms with Gasteiger partial charge in [-0.3, -0.25) is 9.78 Å². The first-order valence-corrected chi connectivity index (χ1v) is 6.66. The van der Waals surface area contributed by atoms with Crippen LogP contribution in [0.3, 0.4) is 0 Å². The lowest BCUT2D eigenvalue weighted by Crippen LogP contribution is -2.30. The molecule has 0 spiro atoms. The molecular formula is C16H19N3O. The molecule has 2 aromatic rings. The number of nitrogens with one attached hydrogen (secondary N) is 2. The Morgan fingerprint density at radius 1 is 1.20 bits per heavy atom. The number of rotatable bonds is 5. The molecule has 4 heteroatoms. The minimum absolute atomic E-state index is 0.0406. The number of aromatic nitrogens is 1. The molecule has 0 radical (unpaired) electrons. The highest BCUT2D eigenvalue weighted by Gasteiger charge is 2.09. The molecule has 2 N–H and O–H groups in total. The van der Waals surface area contributed by atoms with Gasteiger partial charge >= 0.3 is 0 Å². The maximum atomic E-state index is 11.9. The van der Waals surface area contributed by atoms with Crippen LogP contribution in [0.15, 0.2) is 48.7 Å². The van der Waals surface area contributed by atoms with Gasteiger partial charge in [0.2, 0.25) is 5.91 Å². The Balaban J connectivity index is 1.85. The number of hydrogen-bond donors (Lipinski definition) is 2. The molecule has 4 nitrogen and oxygen atoms in total. The van der Waals surface area contributed by atoms with E-state index in [1.807, 2.05) is 56.3 Å². The van der Waals surface area contributed by atoms with Gasteiger partial charge in [0.25, 0.3) is 0 Å². The molecule has 20 heavy (non-hydrogen) atoms. The van der Waals surface area contributed by atoms with Gasteiger partial charge in [-0.15, -0.1) is 0 Å². The number of nitrogens with zero attached hydrogens (tertiary/aromatic N) is 1. The molecule has 1 atom stereocenters. The summed E-state index contributed by atoms with van der Waals surface area (Å²) in [6.07, 6.45) is 1.75. The number of aryl methyl sites for hydroxylation is 1. The number of benzene rings is 1. The zero-order valence-electron chi connectivity index (χ0n) is 11.8. The lowest BCUT2D eigenvalue weighted by Gasteiger charge is -2.13. The topological polar surface area (TPSA) is 54.0 Å². The van der Waals surface area contributed by atoms with Gasteiger partial charge in [0, 0.05) is 17.9 Å². The van der Waals surface area contributed by atoms with Gasteiger partial charge in [-0.05, 0) is 37.6 Å². The van der Waals surface area contributed by atoms with Gasteiger partial charge in [-0.2, -0.15) is 0 Å². The molecule has 0 saturated carbocycles. The van der Waals surface area contributed by atoms with Crippen LogP contribution in [0.25, 0.3) is 0 Å². The van der Waals surface area contributed by atoms with Crippen LogP contribution in [0.4, 0.5) is 5.69 Å². The molecule has 1 aromatic carbocycles. The standard InChI is InChI=1S/C16H19N3O/c1-12-7-3-4-8-14(12)19-16(20)11-18-13(2)15-9-5-6-10-17-15/h3-10,13,18H,11H2,1-2H3,(H,19,20)/t13-/m0/s1. The second-order valence-electron chi connectivity index (χ2n) is 4.72. The molecule has 0 aliphatic heterocycles. The first-order valence-electron chi connectivity index (χ1n) is 6.66. The van der Waals surface area contributed by atoms with Crippen LogP contribution in [-0.4, -0.2) is 17.4 Å². The van der Waals surface area contributed by atoms with Crippen molar-refractivity contribution in [3.63, 3.8) is 0 Å². The summed E-state index contributed by atoms with van der Waals surface area (Å²) in [5, 5.41) is 6.06. The first kappa shape index (κ1) is 14.2. The van der Waals surface area contributed by atoms with Crippen molar-refractivity contribution in [1.29, 1.82) is 0 Å². The van der Waals surface area contributed by atoms with Gasteiger partial charge in [0.15, 0.2) is 0 Å². The molecule has 2 rings (SSSR count). The van der Waals surface area contributed by atoms with Crippen LogP contribution in [0.1, 0.15) is 24.2 Å². The van der Waals surface area contributed by atoms with Crippen LogP contribution in [0, 0.1) is 6.92 Å². The Hall–Kier alpha value is -2.20. The molecular weight excluding hydrogens is 250 g/mol. The molecule has 0 aliphatic carbocycles. The van der Waals surface area contributed by atoms with E-state index in [9.17, 15) is 4.79 Å². The Bertz CT molecular complexity index is 569. The Kier molecular flexibility index (Phi) is 4.85. The number of hydrogen-bond acceptors (Lipinski definition) is 3. The fraction of sp³-hybridized carbons (Fsp3) is 0.250. The summed E-state index contributed by atoms with van der Waals surface area (Å²) in [4.78, 5) is 16.2. The minimum atomic E-state index is -0.0536. The van der Waals surface area contributed by atoms with Crippen molar-refractivity contribution in [2.45, 2.75) is 19.9 Å². The van der Waals surface area contributed by atoms with E-state index in [1.165, 1.54) is 0 Å². The smallest absolute Gasteiger partial charge is 0.238 e. The Morgan fingerprint density at radius 2 is 1.95 bits per heavy atom. The quantitative estimate of drug-likeness (QED) is 0.877. The van der Waals surface area contributed by atoms with Crippen molar-refractivity contribution in [2.24, 2.45) is 0 Å². The highest BCUT2D eigenvalue weighted by Crippen LogP contribution is 2.13. The fourth-order valence-corrected chi connectivity index (χ4v) is 1.89. The zero-order chi connectivity index (χ0) is 14.4. The highest BCUT2D eigenvalue weighted by molar-refractivity contribution is 5.92. The number of carbonyl (C=O) groups is 1. The summed E-state index contributed by atoms with van der Waals surface area (Å²) >= 11 is 0. The maximum Gasteiger partial charge on any atom is 0.238 e. The third-order valence-corrected chi connectivity index (χ3v) is 3.12. The fourth-order valence-electron chi connectivity index (χ4n) is 1.89. The molecule has 0 aliphatic rings. The van der Waals surface area contributed by atoms with Crippen molar-refractivity contribution in [3.05, 3.63) is 59.9 Å². The van der Waals surface area contributed by atoms with E-state index < -0.39 is 0 Å². The number of amides is 1. The van der Waals surface area contributed by atoms with E-state index in [4.69, 9.17) is 0 Å². The second-order valence-corrected chi connectivity index (χ2v) is 4.72. The average molecular weight is 269 g/mol. The third-order valence-electron chi connectivity index (χ3n) is 3.12. The van der Waals surface area contributed by atoms with E-state index in [0.717, 1.165) is 16.9 Å². The predicted molar refractivity (Wildman–Crippen MR) is 80.5 cm³/mol. The average Bonchev–Trinajstić information content (AvgIpc) is 2.48. The molecule has 0 unspecified atom stereocenters. The number of anilines is 1. The van der Waals surface area contributed by atoms with Crippen molar-refractivity contribution in [2.75, 3.05) is 11.9 Å². The third kappa shape index (κ3) is 3.90. The van der Waals surface area contributed by atoms with Gasteiger partial charge in [0.05, 0.1) is 12.2 Å². The SMILES string of the molecule is Cc1ccccc1NC(=O)CN[C@@H](C)c1ccccn1. The summed E-state index contributed by atoms with van der Waals surface area (Å²) in [5.41, 5.74) is 2.83. The van der Waals surface area contributed by atoms with Crippen LogP contribution >= 0.6 is 0 Å². The number of para-hydroxylation sites is 1. The van der Waals surface area contributed by atoms with Gasteiger partial charge in [-0.25, -0.2) is 0 Å². The molecule has 104 valence electrons. The van der Waals surface area contributed by atoms with Crippen molar-refractivity contribution in [3.8, 4) is 0 Å². The minimum Gasteiger partial charge on any atom is -0.325 e. The molecule has 1 heterocycles. The monoisotopic (exact) mass is 269 g/mol.